The number of halogens is 1. The third-order valence-electron chi connectivity index (χ3n) is 3.71. The van der Waals surface area contributed by atoms with E-state index < -0.39 is 11.4 Å². The van der Waals surface area contributed by atoms with Crippen LogP contribution in [0.15, 0.2) is 24.3 Å². The molecule has 18 heavy (non-hydrogen) atoms. The molecule has 0 spiro atoms. The Labute approximate surface area is 112 Å². The molecule has 1 fully saturated rings. The van der Waals surface area contributed by atoms with E-state index >= 15 is 0 Å². The molecule has 0 saturated carbocycles. The zero-order chi connectivity index (χ0) is 13.4. The maximum absolute atomic E-state index is 11.8. The molecule has 1 aromatic rings. The lowest BCUT2D eigenvalue weighted by Gasteiger charge is -2.43. The second-order valence-corrected chi connectivity index (χ2v) is 6.07. The molecule has 0 amide bonds. The maximum Gasteiger partial charge on any atom is 0.314 e. The summed E-state index contributed by atoms with van der Waals surface area (Å²) < 4.78 is 0. The van der Waals surface area contributed by atoms with Gasteiger partial charge in [-0.15, -0.1) is 0 Å². The van der Waals surface area contributed by atoms with Gasteiger partial charge in [-0.1, -0.05) is 23.7 Å². The van der Waals surface area contributed by atoms with Crippen LogP contribution in [0.4, 0.5) is 0 Å². The first-order valence-electron chi connectivity index (χ1n) is 6.10. The largest absolute Gasteiger partial charge is 0.481 e. The lowest BCUT2D eigenvalue weighted by molar-refractivity contribution is -0.146. The Morgan fingerprint density at radius 2 is 1.94 bits per heavy atom. The Kier molecular flexibility index (Phi) is 3.39. The molecule has 2 rings (SSSR count). The van der Waals surface area contributed by atoms with Gasteiger partial charge in [0.1, 0.15) is 0 Å². The molecule has 1 aliphatic heterocycles. The number of nitrogens with one attached hydrogen (secondary N) is 1. The van der Waals surface area contributed by atoms with Crippen molar-refractivity contribution in [1.29, 1.82) is 0 Å². The van der Waals surface area contributed by atoms with Crippen molar-refractivity contribution in [2.75, 3.05) is 6.54 Å². The average molecular weight is 268 g/mol. The fraction of sp³-hybridized carbons (Fsp3) is 0.500. The Hall–Kier alpha value is -1.06. The van der Waals surface area contributed by atoms with E-state index in [1.54, 1.807) is 12.1 Å². The second-order valence-electron chi connectivity index (χ2n) is 5.63. The predicted octanol–water partition coefficient (Wildman–Crippen LogP) is 2.82. The molecule has 1 saturated heterocycles. The van der Waals surface area contributed by atoms with E-state index in [1.807, 2.05) is 26.0 Å². The van der Waals surface area contributed by atoms with Gasteiger partial charge in [0.05, 0.1) is 5.41 Å². The van der Waals surface area contributed by atoms with E-state index in [-0.39, 0.29) is 5.54 Å². The van der Waals surface area contributed by atoms with Crippen LogP contribution in [-0.4, -0.2) is 23.2 Å². The Morgan fingerprint density at radius 3 is 2.44 bits per heavy atom. The fourth-order valence-corrected chi connectivity index (χ4v) is 2.97. The monoisotopic (exact) mass is 267 g/mol. The molecule has 2 N–H and O–H groups in total. The lowest BCUT2D eigenvalue weighted by Crippen LogP contribution is -2.55. The van der Waals surface area contributed by atoms with E-state index in [9.17, 15) is 9.90 Å². The van der Waals surface area contributed by atoms with Crippen LogP contribution in [0.5, 0.6) is 0 Å². The van der Waals surface area contributed by atoms with Crippen LogP contribution in [0.2, 0.25) is 5.02 Å². The Morgan fingerprint density at radius 1 is 1.33 bits per heavy atom. The molecule has 4 heteroatoms. The number of benzene rings is 1. The van der Waals surface area contributed by atoms with E-state index in [0.29, 0.717) is 24.4 Å². The number of hydrogen-bond donors (Lipinski definition) is 2. The van der Waals surface area contributed by atoms with Crippen molar-refractivity contribution < 1.29 is 9.90 Å². The van der Waals surface area contributed by atoms with Crippen LogP contribution < -0.4 is 5.32 Å². The van der Waals surface area contributed by atoms with Crippen LogP contribution in [0.1, 0.15) is 32.3 Å². The number of carbonyl (C=O) groups is 1. The summed E-state index contributed by atoms with van der Waals surface area (Å²) in [5.41, 5.74) is -0.135. The summed E-state index contributed by atoms with van der Waals surface area (Å²) in [5, 5.41) is 13.7. The summed E-state index contributed by atoms with van der Waals surface area (Å²) in [6.07, 6.45) is 1.18. The van der Waals surface area contributed by atoms with Crippen LogP contribution in [0.25, 0.3) is 0 Å². The number of carboxylic acids is 1. The van der Waals surface area contributed by atoms with Gasteiger partial charge in [0.2, 0.25) is 0 Å². The first kappa shape index (κ1) is 13.4. The lowest BCUT2D eigenvalue weighted by atomic mass is 9.67. The number of hydrogen-bond acceptors (Lipinski definition) is 2. The minimum atomic E-state index is -0.806. The smallest absolute Gasteiger partial charge is 0.314 e. The van der Waals surface area contributed by atoms with E-state index in [4.69, 9.17) is 11.6 Å². The molecular weight excluding hydrogens is 250 g/mol. The first-order valence-corrected chi connectivity index (χ1v) is 6.48. The van der Waals surface area contributed by atoms with Crippen molar-refractivity contribution >= 4 is 17.6 Å². The third-order valence-corrected chi connectivity index (χ3v) is 3.96. The van der Waals surface area contributed by atoms with Crippen molar-refractivity contribution in [3.8, 4) is 0 Å². The molecule has 1 aliphatic rings. The van der Waals surface area contributed by atoms with Crippen LogP contribution in [-0.2, 0) is 10.2 Å². The van der Waals surface area contributed by atoms with Crippen molar-refractivity contribution in [3.05, 3.63) is 34.9 Å². The summed E-state index contributed by atoms with van der Waals surface area (Å²) >= 11 is 5.87. The van der Waals surface area contributed by atoms with Gasteiger partial charge in [-0.25, -0.2) is 0 Å². The van der Waals surface area contributed by atoms with E-state index in [2.05, 4.69) is 5.32 Å². The molecular formula is C14H18ClNO2. The molecule has 0 radical (unpaired) electrons. The fourth-order valence-electron chi connectivity index (χ4n) is 2.84. The van der Waals surface area contributed by atoms with Gasteiger partial charge < -0.3 is 10.4 Å². The summed E-state index contributed by atoms with van der Waals surface area (Å²) in [5.74, 6) is -0.751. The Bertz CT molecular complexity index is 455. The normalized spacial score (nSPS) is 26.8. The number of carboxylic acid groups (broad SMARTS) is 1. The number of rotatable bonds is 2. The molecule has 0 bridgehead atoms. The molecule has 98 valence electrons. The highest BCUT2D eigenvalue weighted by Crippen LogP contribution is 2.39. The van der Waals surface area contributed by atoms with E-state index in [0.717, 1.165) is 5.56 Å². The molecule has 1 aromatic carbocycles. The highest BCUT2D eigenvalue weighted by atomic mass is 35.5. The van der Waals surface area contributed by atoms with Gasteiger partial charge in [0.25, 0.3) is 0 Å². The minimum absolute atomic E-state index is 0.170. The van der Waals surface area contributed by atoms with Gasteiger partial charge in [-0.2, -0.15) is 0 Å². The minimum Gasteiger partial charge on any atom is -0.481 e. The quantitative estimate of drug-likeness (QED) is 0.866. The molecule has 3 nitrogen and oxygen atoms in total. The van der Waals surface area contributed by atoms with Gasteiger partial charge in [0, 0.05) is 10.6 Å². The predicted molar refractivity (Wildman–Crippen MR) is 72.1 cm³/mol. The van der Waals surface area contributed by atoms with Gasteiger partial charge in [0.15, 0.2) is 0 Å². The second kappa shape index (κ2) is 4.56. The van der Waals surface area contributed by atoms with Gasteiger partial charge >= 0.3 is 5.97 Å². The van der Waals surface area contributed by atoms with Gasteiger partial charge in [-0.05, 0) is 50.9 Å². The zero-order valence-corrected chi connectivity index (χ0v) is 11.4. The summed E-state index contributed by atoms with van der Waals surface area (Å²) in [6, 6.07) is 7.18. The van der Waals surface area contributed by atoms with Crippen molar-refractivity contribution in [2.24, 2.45) is 0 Å². The average Bonchev–Trinajstić information content (AvgIpc) is 2.28. The summed E-state index contributed by atoms with van der Waals surface area (Å²) in [6.45, 7) is 4.79. The van der Waals surface area contributed by atoms with Crippen molar-refractivity contribution in [3.63, 3.8) is 0 Å². The third kappa shape index (κ3) is 2.38. The first-order chi connectivity index (χ1) is 8.36. The highest BCUT2D eigenvalue weighted by Gasteiger charge is 2.46. The molecule has 0 aromatic heterocycles. The van der Waals surface area contributed by atoms with Crippen LogP contribution in [0, 0.1) is 0 Å². The summed E-state index contributed by atoms with van der Waals surface area (Å²) in [4.78, 5) is 11.8. The topological polar surface area (TPSA) is 49.3 Å². The van der Waals surface area contributed by atoms with Gasteiger partial charge in [-0.3, -0.25) is 4.79 Å². The molecule has 0 aliphatic carbocycles. The molecule has 1 heterocycles. The number of piperidine rings is 1. The van der Waals surface area contributed by atoms with Crippen molar-refractivity contribution in [1.82, 2.24) is 5.32 Å². The molecule has 1 unspecified atom stereocenters. The van der Waals surface area contributed by atoms with Crippen LogP contribution >= 0.6 is 11.6 Å². The number of aliphatic carboxylic acids is 1. The molecule has 1 atom stereocenters. The standard InChI is InChI=1S/C14H18ClNO2/c1-13(2)9-14(12(17)18,7-8-16-13)10-3-5-11(15)6-4-10/h3-6,16H,7-9H2,1-2H3,(H,17,18). The highest BCUT2D eigenvalue weighted by molar-refractivity contribution is 6.30. The Balaban J connectivity index is 2.44. The van der Waals surface area contributed by atoms with Crippen molar-refractivity contribution in [2.45, 2.75) is 37.6 Å². The van der Waals surface area contributed by atoms with E-state index in [1.165, 1.54) is 0 Å². The summed E-state index contributed by atoms with van der Waals surface area (Å²) in [7, 11) is 0. The van der Waals surface area contributed by atoms with Crippen LogP contribution in [0.3, 0.4) is 0 Å². The zero-order valence-electron chi connectivity index (χ0n) is 10.7. The SMILES string of the molecule is CC1(C)CC(C(=O)O)(c2ccc(Cl)cc2)CCN1. The maximum atomic E-state index is 11.8.